The van der Waals surface area contributed by atoms with Crippen LogP contribution in [0.4, 0.5) is 10.1 Å². The second-order valence-corrected chi connectivity index (χ2v) is 7.64. The van der Waals surface area contributed by atoms with Gasteiger partial charge in [-0.05, 0) is 38.0 Å². The molecular weight excluding hydrogens is 381 g/mol. The minimum absolute atomic E-state index is 0.0476. The van der Waals surface area contributed by atoms with E-state index in [0.29, 0.717) is 11.4 Å². The van der Waals surface area contributed by atoms with Crippen molar-refractivity contribution in [2.24, 2.45) is 7.05 Å². The highest BCUT2D eigenvalue weighted by molar-refractivity contribution is 6.07. The molecule has 0 unspecified atom stereocenters. The molecule has 0 fully saturated rings. The van der Waals surface area contributed by atoms with Crippen LogP contribution in [0.15, 0.2) is 54.6 Å². The molecule has 3 rings (SSSR count). The number of nitrogens with zero attached hydrogens (tertiary/aromatic N) is 2. The fraction of sp³-hybridized carbons (Fsp3) is 0.250. The van der Waals surface area contributed by atoms with E-state index >= 15 is 0 Å². The van der Waals surface area contributed by atoms with Gasteiger partial charge in [-0.1, -0.05) is 54.6 Å². The van der Waals surface area contributed by atoms with Crippen LogP contribution >= 0.6 is 0 Å². The molecule has 0 aliphatic carbocycles. The molecule has 5 nitrogen and oxygen atoms in total. The first kappa shape index (κ1) is 21.5. The van der Waals surface area contributed by atoms with Gasteiger partial charge >= 0.3 is 0 Å². The third-order valence-corrected chi connectivity index (χ3v) is 4.98. The summed E-state index contributed by atoms with van der Waals surface area (Å²) >= 11 is 0. The molecule has 3 aromatic rings. The number of rotatable bonds is 6. The molecule has 0 radical (unpaired) electrons. The zero-order chi connectivity index (χ0) is 21.9. The Morgan fingerprint density at radius 2 is 1.83 bits per heavy atom. The summed E-state index contributed by atoms with van der Waals surface area (Å²) in [7, 11) is 3.15. The molecule has 1 N–H and O–H groups in total. The van der Waals surface area contributed by atoms with E-state index in [-0.39, 0.29) is 11.2 Å². The van der Waals surface area contributed by atoms with Crippen molar-refractivity contribution in [1.29, 1.82) is 0 Å². The minimum atomic E-state index is -0.655. The summed E-state index contributed by atoms with van der Waals surface area (Å²) in [4.78, 5) is 12.7. The van der Waals surface area contributed by atoms with E-state index in [4.69, 9.17) is 4.74 Å². The molecule has 6 heteroatoms. The SMILES string of the molecule is COC(C)(C)C=Cc1ccc(-c2ccccc2NC(=O)c2c(C)nn(C)c2F)cc1. The van der Waals surface area contributed by atoms with Gasteiger partial charge in [-0.15, -0.1) is 0 Å². The van der Waals surface area contributed by atoms with Crippen molar-refractivity contribution >= 4 is 17.7 Å². The predicted octanol–water partition coefficient (Wildman–Crippen LogP) is 5.23. The maximum atomic E-state index is 14.2. The van der Waals surface area contributed by atoms with E-state index in [1.807, 2.05) is 68.5 Å². The van der Waals surface area contributed by atoms with Gasteiger partial charge in [0.25, 0.3) is 5.91 Å². The Bertz CT molecular complexity index is 1080. The van der Waals surface area contributed by atoms with E-state index in [1.54, 1.807) is 20.1 Å². The molecule has 0 saturated carbocycles. The van der Waals surface area contributed by atoms with Crippen LogP contribution in [0, 0.1) is 12.9 Å². The maximum Gasteiger partial charge on any atom is 0.262 e. The van der Waals surface area contributed by atoms with Crippen LogP contribution in [-0.2, 0) is 11.8 Å². The van der Waals surface area contributed by atoms with Crippen LogP contribution in [0.25, 0.3) is 17.2 Å². The van der Waals surface area contributed by atoms with Gasteiger partial charge in [-0.25, -0.2) is 4.68 Å². The van der Waals surface area contributed by atoms with Crippen LogP contribution in [0.3, 0.4) is 0 Å². The summed E-state index contributed by atoms with van der Waals surface area (Å²) in [6, 6.07) is 15.4. The average molecular weight is 407 g/mol. The molecular formula is C24H26FN3O2. The van der Waals surface area contributed by atoms with E-state index in [2.05, 4.69) is 10.4 Å². The molecule has 0 saturated heterocycles. The summed E-state index contributed by atoms with van der Waals surface area (Å²) in [5.41, 5.74) is 3.40. The fourth-order valence-corrected chi connectivity index (χ4v) is 3.06. The van der Waals surface area contributed by atoms with Gasteiger partial charge in [-0.2, -0.15) is 9.49 Å². The Morgan fingerprint density at radius 3 is 2.43 bits per heavy atom. The lowest BCUT2D eigenvalue weighted by Gasteiger charge is -2.17. The van der Waals surface area contributed by atoms with Gasteiger partial charge < -0.3 is 10.1 Å². The molecule has 0 spiro atoms. The van der Waals surface area contributed by atoms with Gasteiger partial charge in [0.2, 0.25) is 5.95 Å². The summed E-state index contributed by atoms with van der Waals surface area (Å²) in [5, 5.41) is 6.79. The molecule has 1 aromatic heterocycles. The topological polar surface area (TPSA) is 56.1 Å². The summed E-state index contributed by atoms with van der Waals surface area (Å²) < 4.78 is 20.7. The van der Waals surface area contributed by atoms with Crippen LogP contribution in [0.5, 0.6) is 0 Å². The summed E-state index contributed by atoms with van der Waals surface area (Å²) in [5.74, 6) is -1.18. The second-order valence-electron chi connectivity index (χ2n) is 7.64. The van der Waals surface area contributed by atoms with Gasteiger partial charge in [-0.3, -0.25) is 4.79 Å². The third kappa shape index (κ3) is 4.66. The number of carbonyl (C=O) groups is 1. The summed E-state index contributed by atoms with van der Waals surface area (Å²) in [6.45, 7) is 5.59. The molecule has 0 aliphatic heterocycles. The number of anilines is 1. The van der Waals surface area contributed by atoms with Gasteiger partial charge in [0.15, 0.2) is 0 Å². The van der Waals surface area contributed by atoms with Crippen LogP contribution < -0.4 is 5.32 Å². The predicted molar refractivity (Wildman–Crippen MR) is 118 cm³/mol. The van der Waals surface area contributed by atoms with E-state index in [1.165, 1.54) is 7.05 Å². The highest BCUT2D eigenvalue weighted by Gasteiger charge is 2.21. The first-order chi connectivity index (χ1) is 14.2. The fourth-order valence-electron chi connectivity index (χ4n) is 3.06. The first-order valence-corrected chi connectivity index (χ1v) is 9.66. The smallest absolute Gasteiger partial charge is 0.262 e. The number of methoxy groups -OCH3 is 1. The van der Waals surface area contributed by atoms with Crippen molar-refractivity contribution in [1.82, 2.24) is 9.78 Å². The Kier molecular flexibility index (Phi) is 6.17. The number of carbonyl (C=O) groups excluding carboxylic acids is 1. The van der Waals surface area contributed by atoms with Crippen molar-refractivity contribution in [3.63, 3.8) is 0 Å². The molecule has 156 valence electrons. The van der Waals surface area contributed by atoms with Crippen molar-refractivity contribution in [3.05, 3.63) is 77.4 Å². The molecule has 0 aliphatic rings. The number of para-hydroxylation sites is 1. The monoisotopic (exact) mass is 407 g/mol. The van der Waals surface area contributed by atoms with Crippen LogP contribution in [0.1, 0.15) is 35.5 Å². The number of nitrogens with one attached hydrogen (secondary N) is 1. The zero-order valence-corrected chi connectivity index (χ0v) is 17.9. The number of aryl methyl sites for hydroxylation is 2. The number of hydrogen-bond acceptors (Lipinski definition) is 3. The quantitative estimate of drug-likeness (QED) is 0.609. The highest BCUT2D eigenvalue weighted by atomic mass is 19.1. The van der Waals surface area contributed by atoms with Crippen molar-refractivity contribution < 1.29 is 13.9 Å². The van der Waals surface area contributed by atoms with Crippen molar-refractivity contribution in [3.8, 4) is 11.1 Å². The van der Waals surface area contributed by atoms with Gasteiger partial charge in [0.1, 0.15) is 5.56 Å². The molecule has 30 heavy (non-hydrogen) atoms. The molecule has 0 bridgehead atoms. The Labute approximate surface area is 176 Å². The number of benzene rings is 2. The third-order valence-electron chi connectivity index (χ3n) is 4.98. The van der Waals surface area contributed by atoms with Gasteiger partial charge in [0, 0.05) is 25.4 Å². The highest BCUT2D eigenvalue weighted by Crippen LogP contribution is 2.29. The normalized spacial score (nSPS) is 11.8. The molecule has 1 amide bonds. The molecule has 1 heterocycles. The number of hydrogen-bond donors (Lipinski definition) is 1. The lowest BCUT2D eigenvalue weighted by Crippen LogP contribution is -2.18. The first-order valence-electron chi connectivity index (χ1n) is 9.66. The number of halogens is 1. The second kappa shape index (κ2) is 8.63. The Morgan fingerprint density at radius 1 is 1.17 bits per heavy atom. The Hall–Kier alpha value is -3.25. The standard InChI is InChI=1S/C24H26FN3O2/c1-16-21(22(25)28(4)27-16)23(29)26-20-9-7-6-8-19(20)18-12-10-17(11-13-18)14-15-24(2,3)30-5/h6-15H,1-5H3,(H,26,29). The molecule has 0 atom stereocenters. The lowest BCUT2D eigenvalue weighted by atomic mass is 10.0. The van der Waals surface area contributed by atoms with Crippen molar-refractivity contribution in [2.45, 2.75) is 26.4 Å². The Balaban J connectivity index is 1.86. The number of amides is 1. The van der Waals surface area contributed by atoms with Crippen LogP contribution in [-0.4, -0.2) is 28.4 Å². The van der Waals surface area contributed by atoms with Gasteiger partial charge in [0.05, 0.1) is 11.3 Å². The number of aromatic nitrogens is 2. The van der Waals surface area contributed by atoms with Crippen LogP contribution in [0.2, 0.25) is 0 Å². The minimum Gasteiger partial charge on any atom is -0.375 e. The average Bonchev–Trinajstić information content (AvgIpc) is 2.99. The molecule has 2 aromatic carbocycles. The van der Waals surface area contributed by atoms with Crippen molar-refractivity contribution in [2.75, 3.05) is 12.4 Å². The van der Waals surface area contributed by atoms with E-state index in [9.17, 15) is 9.18 Å². The largest absolute Gasteiger partial charge is 0.375 e. The zero-order valence-electron chi connectivity index (χ0n) is 17.9. The van der Waals surface area contributed by atoms with E-state index < -0.39 is 11.9 Å². The summed E-state index contributed by atoms with van der Waals surface area (Å²) in [6.07, 6.45) is 4.01. The lowest BCUT2D eigenvalue weighted by molar-refractivity contribution is 0.0663. The maximum absolute atomic E-state index is 14.2. The van der Waals surface area contributed by atoms with E-state index in [0.717, 1.165) is 21.4 Å². The number of ether oxygens (including phenoxy) is 1.